The number of urea groups is 1. The van der Waals surface area contributed by atoms with Gasteiger partial charge in [-0.15, -0.1) is 0 Å². The molecule has 0 spiro atoms. The molecule has 1 N–H and O–H groups in total. The fraction of sp³-hybridized carbons (Fsp3) is 0.933. The minimum atomic E-state index is 0.109. The van der Waals surface area contributed by atoms with Crippen LogP contribution in [0, 0.1) is 0 Å². The summed E-state index contributed by atoms with van der Waals surface area (Å²) in [5.41, 5.74) is 0. The number of hydrogen-bond acceptors (Lipinski definition) is 3. The largest absolute Gasteiger partial charge is 0.377 e. The van der Waals surface area contributed by atoms with Crippen molar-refractivity contribution in [2.75, 3.05) is 45.9 Å². The van der Waals surface area contributed by atoms with E-state index in [0.717, 1.165) is 52.3 Å². The van der Waals surface area contributed by atoms with Crippen molar-refractivity contribution in [1.82, 2.24) is 15.1 Å². The van der Waals surface area contributed by atoms with Gasteiger partial charge in [-0.25, -0.2) is 4.79 Å². The predicted molar refractivity (Wildman–Crippen MR) is 79.9 cm³/mol. The van der Waals surface area contributed by atoms with Gasteiger partial charge in [0.05, 0.1) is 6.10 Å². The normalized spacial score (nSPS) is 24.1. The molecule has 0 aromatic carbocycles. The maximum absolute atomic E-state index is 12.0. The van der Waals surface area contributed by atoms with Crippen molar-refractivity contribution >= 4 is 6.03 Å². The van der Waals surface area contributed by atoms with Gasteiger partial charge >= 0.3 is 6.03 Å². The van der Waals surface area contributed by atoms with Gasteiger partial charge in [0.25, 0.3) is 0 Å². The van der Waals surface area contributed by atoms with Crippen molar-refractivity contribution < 1.29 is 9.53 Å². The highest BCUT2D eigenvalue weighted by Crippen LogP contribution is 2.14. The van der Waals surface area contributed by atoms with Gasteiger partial charge in [-0.3, -0.25) is 4.90 Å². The summed E-state index contributed by atoms with van der Waals surface area (Å²) in [6.45, 7) is 8.57. The van der Waals surface area contributed by atoms with Gasteiger partial charge in [-0.2, -0.15) is 0 Å². The zero-order chi connectivity index (χ0) is 14.2. The van der Waals surface area contributed by atoms with Crippen LogP contribution in [0.1, 0.15) is 39.0 Å². The van der Waals surface area contributed by atoms with E-state index in [1.165, 1.54) is 25.7 Å². The van der Waals surface area contributed by atoms with Crippen LogP contribution in [0.15, 0.2) is 0 Å². The molecule has 20 heavy (non-hydrogen) atoms. The summed E-state index contributed by atoms with van der Waals surface area (Å²) in [5.74, 6) is 0. The van der Waals surface area contributed by atoms with E-state index in [2.05, 4.69) is 17.1 Å². The summed E-state index contributed by atoms with van der Waals surface area (Å²) >= 11 is 0. The second-order valence-electron chi connectivity index (χ2n) is 5.86. The number of nitrogens with one attached hydrogen (secondary N) is 1. The van der Waals surface area contributed by atoms with Gasteiger partial charge in [0.15, 0.2) is 0 Å². The molecule has 0 radical (unpaired) electrons. The number of rotatable bonds is 6. The van der Waals surface area contributed by atoms with E-state index in [1.807, 2.05) is 4.90 Å². The lowest BCUT2D eigenvalue weighted by Gasteiger charge is -2.35. The summed E-state index contributed by atoms with van der Waals surface area (Å²) in [6.07, 6.45) is 6.28. The molecule has 2 heterocycles. The molecule has 2 saturated heterocycles. The second-order valence-corrected chi connectivity index (χ2v) is 5.86. The lowest BCUT2D eigenvalue weighted by molar-refractivity contribution is 0.0561. The molecule has 5 nitrogen and oxygen atoms in total. The van der Waals surface area contributed by atoms with E-state index in [9.17, 15) is 4.79 Å². The highest BCUT2D eigenvalue weighted by molar-refractivity contribution is 5.74. The number of ether oxygens (including phenoxy) is 1. The first kappa shape index (κ1) is 15.6. The molecule has 2 aliphatic heterocycles. The molecule has 0 aromatic rings. The Hall–Kier alpha value is -0.810. The highest BCUT2D eigenvalue weighted by Gasteiger charge is 2.24. The van der Waals surface area contributed by atoms with Crippen LogP contribution in [-0.2, 0) is 4.74 Å². The Morgan fingerprint density at radius 1 is 1.25 bits per heavy atom. The van der Waals surface area contributed by atoms with E-state index >= 15 is 0 Å². The predicted octanol–water partition coefficient (Wildman–Crippen LogP) is 1.68. The Bertz CT molecular complexity index is 285. The highest BCUT2D eigenvalue weighted by atomic mass is 16.5. The summed E-state index contributed by atoms with van der Waals surface area (Å²) in [6, 6.07) is 0.109. The number of hydrogen-bond donors (Lipinski definition) is 1. The van der Waals surface area contributed by atoms with Gasteiger partial charge in [-0.05, 0) is 19.3 Å². The Kier molecular flexibility index (Phi) is 6.60. The van der Waals surface area contributed by atoms with E-state index in [0.29, 0.717) is 6.10 Å². The minimum Gasteiger partial charge on any atom is -0.377 e. The number of carbonyl (C=O) groups is 1. The Labute approximate surface area is 122 Å². The van der Waals surface area contributed by atoms with Crippen molar-refractivity contribution in [2.45, 2.75) is 45.1 Å². The smallest absolute Gasteiger partial charge is 0.317 e. The topological polar surface area (TPSA) is 44.8 Å². The van der Waals surface area contributed by atoms with Crippen LogP contribution in [0.25, 0.3) is 0 Å². The third kappa shape index (κ3) is 4.94. The molecule has 2 aliphatic rings. The monoisotopic (exact) mass is 283 g/mol. The lowest BCUT2D eigenvalue weighted by atomic mass is 10.2. The van der Waals surface area contributed by atoms with Crippen molar-refractivity contribution in [3.63, 3.8) is 0 Å². The van der Waals surface area contributed by atoms with Crippen molar-refractivity contribution in [3.05, 3.63) is 0 Å². The number of unbranched alkanes of at least 4 members (excludes halogenated alkanes) is 2. The first-order chi connectivity index (χ1) is 9.79. The zero-order valence-electron chi connectivity index (χ0n) is 12.8. The molecule has 0 aromatic heterocycles. The summed E-state index contributed by atoms with van der Waals surface area (Å²) in [7, 11) is 0. The maximum atomic E-state index is 12.0. The van der Waals surface area contributed by atoms with Gasteiger partial charge in [-0.1, -0.05) is 19.8 Å². The van der Waals surface area contributed by atoms with Crippen LogP contribution in [0.3, 0.4) is 0 Å². The third-order valence-electron chi connectivity index (χ3n) is 4.20. The van der Waals surface area contributed by atoms with Gasteiger partial charge in [0.1, 0.15) is 0 Å². The van der Waals surface area contributed by atoms with Crippen molar-refractivity contribution in [3.8, 4) is 0 Å². The van der Waals surface area contributed by atoms with E-state index < -0.39 is 0 Å². The first-order valence-corrected chi connectivity index (χ1v) is 8.16. The number of nitrogens with zero attached hydrogens (tertiary/aromatic N) is 2. The lowest BCUT2D eigenvalue weighted by Crippen LogP contribution is -2.53. The molecule has 116 valence electrons. The number of carbonyl (C=O) groups excluding carboxylic acids is 1. The molecule has 0 bridgehead atoms. The van der Waals surface area contributed by atoms with Gasteiger partial charge < -0.3 is 15.0 Å². The molecule has 2 amide bonds. The second kappa shape index (κ2) is 8.47. The van der Waals surface area contributed by atoms with Crippen LogP contribution in [0.2, 0.25) is 0 Å². The Morgan fingerprint density at radius 2 is 2.05 bits per heavy atom. The minimum absolute atomic E-state index is 0.109. The first-order valence-electron chi connectivity index (χ1n) is 8.16. The van der Waals surface area contributed by atoms with Crippen LogP contribution < -0.4 is 5.32 Å². The molecule has 2 rings (SSSR count). The molecule has 1 unspecified atom stereocenters. The average molecular weight is 283 g/mol. The van der Waals surface area contributed by atoms with E-state index in [1.54, 1.807) is 0 Å². The molecule has 0 aliphatic carbocycles. The van der Waals surface area contributed by atoms with Crippen LogP contribution in [-0.4, -0.2) is 67.8 Å². The van der Waals surface area contributed by atoms with Gasteiger partial charge in [0.2, 0.25) is 0 Å². The SMILES string of the molecule is CCCCCNC(=O)N1CCN(CC2CCCO2)CC1. The molecule has 0 saturated carbocycles. The van der Waals surface area contributed by atoms with E-state index in [-0.39, 0.29) is 6.03 Å². The summed E-state index contributed by atoms with van der Waals surface area (Å²) < 4.78 is 5.67. The molecule has 5 heteroatoms. The molecule has 1 atom stereocenters. The van der Waals surface area contributed by atoms with Gasteiger partial charge in [0, 0.05) is 45.9 Å². The van der Waals surface area contributed by atoms with Crippen LogP contribution in [0.4, 0.5) is 4.79 Å². The fourth-order valence-corrected chi connectivity index (χ4v) is 2.89. The summed E-state index contributed by atoms with van der Waals surface area (Å²) in [5, 5.41) is 3.02. The number of amides is 2. The molecular weight excluding hydrogens is 254 g/mol. The third-order valence-corrected chi connectivity index (χ3v) is 4.20. The molecular formula is C15H29N3O2. The van der Waals surface area contributed by atoms with Crippen LogP contribution >= 0.6 is 0 Å². The maximum Gasteiger partial charge on any atom is 0.317 e. The zero-order valence-corrected chi connectivity index (χ0v) is 12.8. The van der Waals surface area contributed by atoms with Crippen molar-refractivity contribution in [1.29, 1.82) is 0 Å². The Balaban J connectivity index is 1.59. The standard InChI is InChI=1S/C15H29N3O2/c1-2-3-4-7-16-15(19)18-10-8-17(9-11-18)13-14-6-5-12-20-14/h14H,2-13H2,1H3,(H,16,19). The quantitative estimate of drug-likeness (QED) is 0.754. The average Bonchev–Trinajstić information content (AvgIpc) is 2.97. The Morgan fingerprint density at radius 3 is 2.70 bits per heavy atom. The number of piperazine rings is 1. The summed E-state index contributed by atoms with van der Waals surface area (Å²) in [4.78, 5) is 16.4. The van der Waals surface area contributed by atoms with Crippen LogP contribution in [0.5, 0.6) is 0 Å². The fourth-order valence-electron chi connectivity index (χ4n) is 2.89. The molecule has 2 fully saturated rings. The van der Waals surface area contributed by atoms with Crippen molar-refractivity contribution in [2.24, 2.45) is 0 Å². The van der Waals surface area contributed by atoms with E-state index in [4.69, 9.17) is 4.74 Å².